The van der Waals surface area contributed by atoms with Crippen molar-refractivity contribution in [1.82, 2.24) is 13.4 Å². The van der Waals surface area contributed by atoms with Gasteiger partial charge in [0.25, 0.3) is 0 Å². The van der Waals surface area contributed by atoms with E-state index in [0.717, 1.165) is 11.9 Å². The molecular formula is C19H21N3O3S. The normalized spacial score (nSPS) is 18.6. The van der Waals surface area contributed by atoms with Crippen LogP contribution in [0.15, 0.2) is 58.2 Å². The van der Waals surface area contributed by atoms with Crippen molar-refractivity contribution in [3.05, 3.63) is 64.6 Å². The summed E-state index contributed by atoms with van der Waals surface area (Å²) in [6.07, 6.45) is 0.815. The van der Waals surface area contributed by atoms with Crippen LogP contribution < -0.4 is 5.69 Å². The Labute approximate surface area is 152 Å². The van der Waals surface area contributed by atoms with Crippen molar-refractivity contribution in [3.8, 4) is 0 Å². The number of nitrogens with zero attached hydrogens (tertiary/aromatic N) is 3. The van der Waals surface area contributed by atoms with Gasteiger partial charge in [-0.25, -0.2) is 13.2 Å². The minimum atomic E-state index is -3.58. The highest BCUT2D eigenvalue weighted by Gasteiger charge is 2.33. The molecule has 0 amide bonds. The van der Waals surface area contributed by atoms with Crippen LogP contribution in [0.4, 0.5) is 0 Å². The first kappa shape index (κ1) is 17.1. The topological polar surface area (TPSA) is 64.3 Å². The Kier molecular flexibility index (Phi) is 4.00. The lowest BCUT2D eigenvalue weighted by atomic mass is 9.99. The molecule has 0 bridgehead atoms. The van der Waals surface area contributed by atoms with E-state index in [2.05, 4.69) is 0 Å². The fraction of sp³-hybridized carbons (Fsp3) is 0.316. The molecule has 1 fully saturated rings. The van der Waals surface area contributed by atoms with Crippen LogP contribution in [-0.2, 0) is 24.1 Å². The maximum absolute atomic E-state index is 13.1. The summed E-state index contributed by atoms with van der Waals surface area (Å²) in [5.41, 5.74) is 2.35. The van der Waals surface area contributed by atoms with E-state index in [1.165, 1.54) is 14.7 Å². The van der Waals surface area contributed by atoms with Crippen molar-refractivity contribution in [1.29, 1.82) is 0 Å². The number of hydrogen-bond acceptors (Lipinski definition) is 3. The van der Waals surface area contributed by atoms with Gasteiger partial charge in [0, 0.05) is 27.2 Å². The summed E-state index contributed by atoms with van der Waals surface area (Å²) in [4.78, 5) is 12.3. The molecular weight excluding hydrogens is 350 g/mol. The molecule has 0 saturated carbocycles. The van der Waals surface area contributed by atoms with Crippen LogP contribution in [0.25, 0.3) is 11.0 Å². The van der Waals surface area contributed by atoms with Crippen LogP contribution in [-0.4, -0.2) is 34.9 Å². The highest BCUT2D eigenvalue weighted by atomic mass is 32.2. The maximum Gasteiger partial charge on any atom is 0.328 e. The third-order valence-electron chi connectivity index (χ3n) is 5.30. The standard InChI is InChI=1S/C19H21N3O3S/c1-20-17-9-8-16(12-18(17)21(2)19(20)23)26(24,25)22-11-10-15(13-22)14-6-4-3-5-7-14/h3-9,12,15H,10-11,13H2,1-2H3/t15-/m0/s1. The van der Waals surface area contributed by atoms with Crippen molar-refractivity contribution in [3.63, 3.8) is 0 Å². The Bertz CT molecular complexity index is 1130. The minimum Gasteiger partial charge on any atom is -0.295 e. The second-order valence-electron chi connectivity index (χ2n) is 6.81. The van der Waals surface area contributed by atoms with E-state index < -0.39 is 10.0 Å². The lowest BCUT2D eigenvalue weighted by Crippen LogP contribution is -2.28. The monoisotopic (exact) mass is 371 g/mol. The van der Waals surface area contributed by atoms with Gasteiger partial charge in [0.05, 0.1) is 15.9 Å². The Morgan fingerprint density at radius 3 is 2.38 bits per heavy atom. The summed E-state index contributed by atoms with van der Waals surface area (Å²) in [7, 11) is -0.243. The van der Waals surface area contributed by atoms with Gasteiger partial charge < -0.3 is 0 Å². The van der Waals surface area contributed by atoms with Gasteiger partial charge in [0.2, 0.25) is 10.0 Å². The van der Waals surface area contributed by atoms with Crippen LogP contribution in [0.1, 0.15) is 17.9 Å². The van der Waals surface area contributed by atoms with Gasteiger partial charge in [-0.1, -0.05) is 30.3 Å². The van der Waals surface area contributed by atoms with Gasteiger partial charge in [-0.2, -0.15) is 4.31 Å². The molecule has 1 saturated heterocycles. The van der Waals surface area contributed by atoms with Crippen molar-refractivity contribution in [2.24, 2.45) is 14.1 Å². The number of aryl methyl sites for hydroxylation is 2. The first-order valence-electron chi connectivity index (χ1n) is 8.60. The largest absolute Gasteiger partial charge is 0.328 e. The number of hydrogen-bond donors (Lipinski definition) is 0. The van der Waals surface area contributed by atoms with Crippen molar-refractivity contribution >= 4 is 21.1 Å². The molecule has 0 spiro atoms. The Hall–Kier alpha value is -2.38. The predicted molar refractivity (Wildman–Crippen MR) is 101 cm³/mol. The van der Waals surface area contributed by atoms with E-state index in [0.29, 0.717) is 18.6 Å². The Balaban J connectivity index is 1.68. The van der Waals surface area contributed by atoms with Crippen LogP contribution in [0.2, 0.25) is 0 Å². The first-order valence-corrected chi connectivity index (χ1v) is 10.0. The number of rotatable bonds is 3. The van der Waals surface area contributed by atoms with E-state index in [-0.39, 0.29) is 16.5 Å². The third kappa shape index (κ3) is 2.59. The summed E-state index contributed by atoms with van der Waals surface area (Å²) in [5.74, 6) is 0.218. The first-order chi connectivity index (χ1) is 12.4. The molecule has 0 radical (unpaired) electrons. The number of aromatic nitrogens is 2. The van der Waals surface area contributed by atoms with Gasteiger partial charge in [-0.3, -0.25) is 9.13 Å². The van der Waals surface area contributed by atoms with Gasteiger partial charge in [0.1, 0.15) is 0 Å². The number of benzene rings is 2. The quantitative estimate of drug-likeness (QED) is 0.708. The Morgan fingerprint density at radius 1 is 0.962 bits per heavy atom. The van der Waals surface area contributed by atoms with Gasteiger partial charge >= 0.3 is 5.69 Å². The predicted octanol–water partition coefficient (Wildman–Crippen LogP) is 2.06. The average molecular weight is 371 g/mol. The Morgan fingerprint density at radius 2 is 1.65 bits per heavy atom. The molecule has 6 nitrogen and oxygen atoms in total. The van der Waals surface area contributed by atoms with E-state index in [9.17, 15) is 13.2 Å². The van der Waals surface area contributed by atoms with E-state index in [1.807, 2.05) is 30.3 Å². The second-order valence-corrected chi connectivity index (χ2v) is 8.75. The van der Waals surface area contributed by atoms with Crippen molar-refractivity contribution in [2.75, 3.05) is 13.1 Å². The average Bonchev–Trinajstić information content (AvgIpc) is 3.24. The van der Waals surface area contributed by atoms with Crippen molar-refractivity contribution < 1.29 is 8.42 Å². The van der Waals surface area contributed by atoms with E-state index >= 15 is 0 Å². The summed E-state index contributed by atoms with van der Waals surface area (Å²) in [6.45, 7) is 0.992. The summed E-state index contributed by atoms with van der Waals surface area (Å²) in [6, 6.07) is 14.9. The molecule has 136 valence electrons. The lowest BCUT2D eigenvalue weighted by molar-refractivity contribution is 0.473. The minimum absolute atomic E-state index is 0.167. The van der Waals surface area contributed by atoms with Gasteiger partial charge in [-0.05, 0) is 36.1 Å². The van der Waals surface area contributed by atoms with Crippen molar-refractivity contribution in [2.45, 2.75) is 17.2 Å². The lowest BCUT2D eigenvalue weighted by Gasteiger charge is -2.17. The molecule has 1 aliphatic rings. The van der Waals surface area contributed by atoms with Crippen LogP contribution in [0.5, 0.6) is 0 Å². The fourth-order valence-corrected chi connectivity index (χ4v) is 5.26. The summed E-state index contributed by atoms with van der Waals surface area (Å²) in [5, 5.41) is 0. The maximum atomic E-state index is 13.1. The second kappa shape index (κ2) is 6.10. The molecule has 0 N–H and O–H groups in total. The molecule has 2 aromatic carbocycles. The smallest absolute Gasteiger partial charge is 0.295 e. The summed E-state index contributed by atoms with van der Waals surface area (Å²) >= 11 is 0. The molecule has 0 unspecified atom stereocenters. The number of imidazole rings is 1. The zero-order valence-corrected chi connectivity index (χ0v) is 15.6. The molecule has 1 aromatic heterocycles. The molecule has 0 aliphatic carbocycles. The van der Waals surface area contributed by atoms with Crippen LogP contribution >= 0.6 is 0 Å². The molecule has 3 aromatic rings. The molecule has 1 atom stereocenters. The number of sulfonamides is 1. The van der Waals surface area contributed by atoms with Crippen LogP contribution in [0, 0.1) is 0 Å². The molecule has 4 rings (SSSR count). The summed E-state index contributed by atoms with van der Waals surface area (Å²) < 4.78 is 30.7. The van der Waals surface area contributed by atoms with Gasteiger partial charge in [-0.15, -0.1) is 0 Å². The molecule has 7 heteroatoms. The molecule has 1 aliphatic heterocycles. The SMILES string of the molecule is Cn1c(=O)n(C)c2cc(S(=O)(=O)N3CC[C@H](c4ccccc4)C3)ccc21. The number of fused-ring (bicyclic) bond motifs is 1. The highest BCUT2D eigenvalue weighted by Crippen LogP contribution is 2.31. The molecule has 2 heterocycles. The van der Waals surface area contributed by atoms with Gasteiger partial charge in [0.15, 0.2) is 0 Å². The zero-order chi connectivity index (χ0) is 18.5. The zero-order valence-electron chi connectivity index (χ0n) is 14.8. The molecule has 26 heavy (non-hydrogen) atoms. The highest BCUT2D eigenvalue weighted by molar-refractivity contribution is 7.89. The fourth-order valence-electron chi connectivity index (χ4n) is 3.74. The third-order valence-corrected chi connectivity index (χ3v) is 7.16. The van der Waals surface area contributed by atoms with E-state index in [1.54, 1.807) is 36.6 Å². The van der Waals surface area contributed by atoms with E-state index in [4.69, 9.17) is 0 Å². The van der Waals surface area contributed by atoms with Crippen LogP contribution in [0.3, 0.4) is 0 Å².